The van der Waals surface area contributed by atoms with Crippen molar-refractivity contribution in [3.63, 3.8) is 0 Å². The molecule has 10 nitrogen and oxygen atoms in total. The lowest BCUT2D eigenvalue weighted by atomic mass is 9.59. The number of allylic oxidation sites excluding steroid dienone is 1. The van der Waals surface area contributed by atoms with Gasteiger partial charge in [-0.15, -0.1) is 0 Å². The maximum Gasteiger partial charge on any atom is 0.303 e. The molecule has 1 saturated heterocycles. The van der Waals surface area contributed by atoms with E-state index in [2.05, 4.69) is 44.7 Å². The van der Waals surface area contributed by atoms with Crippen LogP contribution in [0.2, 0.25) is 0 Å². The Morgan fingerprint density at radius 3 is 1.53 bits per heavy atom. The zero-order chi connectivity index (χ0) is 36.8. The Hall–Kier alpha value is -3.40. The van der Waals surface area contributed by atoms with Gasteiger partial charge in [0, 0.05) is 38.3 Å². The Bertz CT molecular complexity index is 1110. The third-order valence-electron chi connectivity index (χ3n) is 9.90. The van der Waals surface area contributed by atoms with Gasteiger partial charge in [0.2, 0.25) is 0 Å². The highest BCUT2D eigenvalue weighted by atomic mass is 16.4. The van der Waals surface area contributed by atoms with Crippen LogP contribution in [0, 0.1) is 5.92 Å². The van der Waals surface area contributed by atoms with Gasteiger partial charge in [0.1, 0.15) is 5.75 Å². The molecule has 1 aromatic carbocycles. The summed E-state index contributed by atoms with van der Waals surface area (Å²) in [5.41, 5.74) is 4.42. The molecule has 0 aromatic heterocycles. The number of aliphatic carboxylic acids is 4. The van der Waals surface area contributed by atoms with Crippen LogP contribution >= 0.6 is 0 Å². The maximum absolute atomic E-state index is 10.1. The molecular formula is C39H63NO9. The Kier molecular flexibility index (Phi) is 21.2. The highest BCUT2D eigenvalue weighted by Gasteiger charge is 2.48. The lowest BCUT2D eigenvalue weighted by Crippen LogP contribution is -2.57. The second kappa shape index (κ2) is 23.9. The monoisotopic (exact) mass is 689 g/mol. The number of piperidine rings is 1. The van der Waals surface area contributed by atoms with Crippen LogP contribution in [0.3, 0.4) is 0 Å². The van der Waals surface area contributed by atoms with E-state index in [1.54, 1.807) is 0 Å². The van der Waals surface area contributed by atoms with Crippen LogP contribution in [0.4, 0.5) is 0 Å². The van der Waals surface area contributed by atoms with Crippen molar-refractivity contribution >= 4 is 23.9 Å². The van der Waals surface area contributed by atoms with E-state index in [0.717, 1.165) is 96.6 Å². The average molecular weight is 690 g/mol. The van der Waals surface area contributed by atoms with Crippen LogP contribution in [0.1, 0.15) is 148 Å². The normalized spacial score (nSPS) is 19.3. The minimum Gasteiger partial charge on any atom is -0.508 e. The number of carbonyl (C=O) groups is 4. The van der Waals surface area contributed by atoms with E-state index in [9.17, 15) is 24.3 Å². The Balaban J connectivity index is 0.000000383. The van der Waals surface area contributed by atoms with Crippen LogP contribution in [0.5, 0.6) is 5.75 Å². The molecule has 2 aliphatic rings. The van der Waals surface area contributed by atoms with E-state index in [1.807, 2.05) is 12.1 Å². The van der Waals surface area contributed by atoms with Crippen molar-refractivity contribution < 1.29 is 44.7 Å². The number of unbranched alkanes of at least 4 members (excludes halogenated alkanes) is 10. The highest BCUT2D eigenvalue weighted by Crippen LogP contribution is 2.49. The number of nitrogens with zero attached hydrogens (tertiary/aromatic N) is 1. The average Bonchev–Trinajstić information content (AvgIpc) is 3.01. The number of carboxylic acids is 4. The molecule has 0 radical (unpaired) electrons. The number of fused-ring (bicyclic) bond motifs is 4. The summed E-state index contributed by atoms with van der Waals surface area (Å²) in [7, 11) is 0. The van der Waals surface area contributed by atoms with E-state index in [-0.39, 0.29) is 31.1 Å². The molecule has 3 unspecified atom stereocenters. The van der Waals surface area contributed by atoms with Crippen molar-refractivity contribution in [2.75, 3.05) is 13.1 Å². The van der Waals surface area contributed by atoms with Gasteiger partial charge in [-0.1, -0.05) is 82.9 Å². The third kappa shape index (κ3) is 18.2. The lowest BCUT2D eigenvalue weighted by molar-refractivity contribution is -0.138. The summed E-state index contributed by atoms with van der Waals surface area (Å²) in [6.07, 6.45) is 16.3. The fourth-order valence-electron chi connectivity index (χ4n) is 6.74. The molecule has 1 aliphatic heterocycles. The third-order valence-corrected chi connectivity index (χ3v) is 9.90. The summed E-state index contributed by atoms with van der Waals surface area (Å²) in [4.78, 5) is 43.2. The zero-order valence-electron chi connectivity index (χ0n) is 30.4. The van der Waals surface area contributed by atoms with Gasteiger partial charge in [-0.05, 0) is 93.5 Å². The molecule has 10 heteroatoms. The van der Waals surface area contributed by atoms with E-state index < -0.39 is 23.9 Å². The number of carboxylic acid groups (broad SMARTS) is 4. The summed E-state index contributed by atoms with van der Waals surface area (Å²) in [6.45, 7) is 11.4. The molecule has 49 heavy (non-hydrogen) atoms. The lowest BCUT2D eigenvalue weighted by Gasteiger charge is -2.54. The van der Waals surface area contributed by atoms with Crippen LogP contribution in [-0.2, 0) is 31.0 Å². The molecule has 1 heterocycles. The van der Waals surface area contributed by atoms with Gasteiger partial charge in [0.25, 0.3) is 0 Å². The summed E-state index contributed by atoms with van der Waals surface area (Å²) in [6, 6.07) is 6.60. The Labute approximate surface area is 293 Å². The molecule has 278 valence electrons. The highest BCUT2D eigenvalue weighted by molar-refractivity contribution is 5.67. The first-order valence-corrected chi connectivity index (χ1v) is 18.2. The van der Waals surface area contributed by atoms with Gasteiger partial charge < -0.3 is 25.5 Å². The standard InChI is InChI=1S/C19H27NO.2C10H18O4/c1-13(2)7-9-20-10-8-19(4)14(3)18(20)11-15-5-6-16(21)12-17(15)19;2*11-9(12)7-5-3-1-2-4-6-8-10(13)14/h5-7,12,14,18,21H,8-11H2,1-4H3;2*1-8H2,(H,11,12)(H,13,14). The van der Waals surface area contributed by atoms with Crippen molar-refractivity contribution in [1.29, 1.82) is 0 Å². The quantitative estimate of drug-likeness (QED) is 0.0660. The predicted molar refractivity (Wildman–Crippen MR) is 192 cm³/mol. The van der Waals surface area contributed by atoms with Crippen LogP contribution in [0.25, 0.3) is 0 Å². The Morgan fingerprint density at radius 2 is 1.14 bits per heavy atom. The molecule has 3 rings (SSSR count). The van der Waals surface area contributed by atoms with Crippen molar-refractivity contribution in [2.24, 2.45) is 5.92 Å². The number of phenols is 1. The molecule has 1 aromatic rings. The van der Waals surface area contributed by atoms with E-state index >= 15 is 0 Å². The van der Waals surface area contributed by atoms with Crippen molar-refractivity contribution in [3.8, 4) is 5.75 Å². The fraction of sp³-hybridized carbons (Fsp3) is 0.692. The van der Waals surface area contributed by atoms with Gasteiger partial charge >= 0.3 is 23.9 Å². The topological polar surface area (TPSA) is 173 Å². The second-order valence-corrected chi connectivity index (χ2v) is 14.2. The van der Waals surface area contributed by atoms with Crippen molar-refractivity contribution in [2.45, 2.75) is 155 Å². The summed E-state index contributed by atoms with van der Waals surface area (Å²) in [5.74, 6) is -1.92. The number of rotatable bonds is 20. The first-order valence-electron chi connectivity index (χ1n) is 18.2. The number of hydrogen-bond acceptors (Lipinski definition) is 6. The molecule has 1 aliphatic carbocycles. The smallest absolute Gasteiger partial charge is 0.303 e. The van der Waals surface area contributed by atoms with Crippen LogP contribution in [-0.4, -0.2) is 73.4 Å². The molecular weight excluding hydrogens is 626 g/mol. The molecule has 0 amide bonds. The van der Waals surface area contributed by atoms with Gasteiger partial charge in [0.05, 0.1) is 0 Å². The molecule has 2 bridgehead atoms. The molecule has 5 N–H and O–H groups in total. The number of likely N-dealkylation sites (tertiary alicyclic amines) is 1. The fourth-order valence-corrected chi connectivity index (χ4v) is 6.74. The SMILES string of the molecule is CC(C)=CCN1CCC2(C)c3cc(O)ccc3CC1C2C.O=C(O)CCCCCCCCC(=O)O.O=C(O)CCCCCCCCC(=O)O. The largest absolute Gasteiger partial charge is 0.508 e. The molecule has 0 spiro atoms. The van der Waals surface area contributed by atoms with Crippen molar-refractivity contribution in [3.05, 3.63) is 41.0 Å². The molecule has 1 fully saturated rings. The van der Waals surface area contributed by atoms with E-state index in [1.165, 1.54) is 23.1 Å². The summed E-state index contributed by atoms with van der Waals surface area (Å²) in [5, 5.41) is 43.3. The van der Waals surface area contributed by atoms with E-state index in [4.69, 9.17) is 20.4 Å². The molecule has 0 saturated carbocycles. The van der Waals surface area contributed by atoms with Crippen LogP contribution < -0.4 is 0 Å². The minimum atomic E-state index is -0.740. The van der Waals surface area contributed by atoms with Crippen molar-refractivity contribution in [1.82, 2.24) is 4.90 Å². The first kappa shape index (κ1) is 43.6. The predicted octanol–water partition coefficient (Wildman–Crippen LogP) is 8.44. The summed E-state index contributed by atoms with van der Waals surface area (Å²) >= 11 is 0. The van der Waals surface area contributed by atoms with Gasteiger partial charge in [-0.25, -0.2) is 0 Å². The first-order chi connectivity index (χ1) is 23.2. The Morgan fingerprint density at radius 1 is 0.735 bits per heavy atom. The zero-order valence-corrected chi connectivity index (χ0v) is 30.4. The number of benzene rings is 1. The van der Waals surface area contributed by atoms with Gasteiger partial charge in [-0.3, -0.25) is 24.1 Å². The maximum atomic E-state index is 10.1. The second-order valence-electron chi connectivity index (χ2n) is 14.2. The van der Waals surface area contributed by atoms with Crippen LogP contribution in [0.15, 0.2) is 29.8 Å². The minimum absolute atomic E-state index is 0.207. The summed E-state index contributed by atoms with van der Waals surface area (Å²) < 4.78 is 0. The number of hydrogen-bond donors (Lipinski definition) is 5. The molecule has 3 atom stereocenters. The van der Waals surface area contributed by atoms with E-state index in [0.29, 0.717) is 17.7 Å². The number of phenolic OH excluding ortho intramolecular Hbond substituents is 1. The van der Waals surface area contributed by atoms with Gasteiger partial charge in [0.15, 0.2) is 0 Å². The van der Waals surface area contributed by atoms with Gasteiger partial charge in [-0.2, -0.15) is 0 Å². The number of aromatic hydroxyl groups is 1.